The van der Waals surface area contributed by atoms with Gasteiger partial charge in [-0.25, -0.2) is 4.98 Å². The first-order valence-corrected chi connectivity index (χ1v) is 12.1. The number of thiocarbonyl (C=S) groups is 1. The second-order valence-corrected chi connectivity index (χ2v) is 9.05. The van der Waals surface area contributed by atoms with E-state index in [1.165, 1.54) is 12.1 Å². The highest BCUT2D eigenvalue weighted by molar-refractivity contribution is 7.80. The number of nitro groups is 1. The average molecular weight is 534 g/mol. The van der Waals surface area contributed by atoms with Crippen molar-refractivity contribution in [3.63, 3.8) is 0 Å². The molecule has 1 aliphatic rings. The highest BCUT2D eigenvalue weighted by Gasteiger charge is 2.24. The first kappa shape index (κ1) is 25.1. The number of carbonyl (C=O) groups is 1. The molecule has 1 saturated heterocycles. The van der Waals surface area contributed by atoms with E-state index < -0.39 is 10.8 Å². The Hall–Kier alpha value is -4.55. The lowest BCUT2D eigenvalue weighted by Gasteiger charge is -2.28. The average Bonchev–Trinajstić information content (AvgIpc) is 3.35. The molecule has 5 rings (SSSR count). The molecule has 1 aliphatic heterocycles. The van der Waals surface area contributed by atoms with Crippen LogP contribution in [0.1, 0.15) is 15.9 Å². The summed E-state index contributed by atoms with van der Waals surface area (Å²) in [6.45, 7) is 3.72. The zero-order chi connectivity index (χ0) is 26.8. The first-order valence-electron chi connectivity index (χ1n) is 11.7. The molecule has 1 fully saturated rings. The summed E-state index contributed by atoms with van der Waals surface area (Å²) in [6.07, 6.45) is 0. The molecule has 0 saturated carbocycles. The van der Waals surface area contributed by atoms with Crippen LogP contribution in [0.5, 0.6) is 5.75 Å². The maximum Gasteiger partial charge on any atom is 0.293 e. The summed E-state index contributed by atoms with van der Waals surface area (Å²) in [7, 11) is 0. The topological polar surface area (TPSA) is 143 Å². The number of aromatic hydroxyl groups is 1. The van der Waals surface area contributed by atoms with E-state index in [0.717, 1.165) is 0 Å². The maximum absolute atomic E-state index is 12.9. The third kappa shape index (κ3) is 5.12. The third-order valence-electron chi connectivity index (χ3n) is 6.10. The van der Waals surface area contributed by atoms with Gasteiger partial charge in [0.15, 0.2) is 10.7 Å². The summed E-state index contributed by atoms with van der Waals surface area (Å²) in [5.41, 5.74) is 2.95. The molecule has 0 radical (unpaired) electrons. The summed E-state index contributed by atoms with van der Waals surface area (Å²) in [6, 6.07) is 14.8. The summed E-state index contributed by atoms with van der Waals surface area (Å²) in [5, 5.41) is 27.8. The molecule has 0 aliphatic carbocycles. The van der Waals surface area contributed by atoms with Crippen LogP contribution in [0, 0.1) is 17.0 Å². The minimum Gasteiger partial charge on any atom is -0.507 e. The van der Waals surface area contributed by atoms with Crippen molar-refractivity contribution < 1.29 is 24.0 Å². The molecule has 11 nitrogen and oxygen atoms in total. The number of hydrogen-bond acceptors (Lipinski definition) is 9. The summed E-state index contributed by atoms with van der Waals surface area (Å²) < 4.78 is 11.1. The SMILES string of the molecule is Cc1cc(NC(=S)NC(=O)c2ccc(N3CCOCC3)c([N+](=O)[O-])c2)cc(-c2nc3ccccc3o2)c1O. The summed E-state index contributed by atoms with van der Waals surface area (Å²) in [4.78, 5) is 30.4. The van der Waals surface area contributed by atoms with Gasteiger partial charge in [-0.05, 0) is 61.1 Å². The van der Waals surface area contributed by atoms with Crippen LogP contribution >= 0.6 is 12.2 Å². The van der Waals surface area contributed by atoms with Gasteiger partial charge in [0, 0.05) is 30.4 Å². The molecule has 12 heteroatoms. The molecule has 38 heavy (non-hydrogen) atoms. The number of nitrogens with one attached hydrogen (secondary N) is 2. The van der Waals surface area contributed by atoms with Crippen molar-refractivity contribution in [3.8, 4) is 17.2 Å². The van der Waals surface area contributed by atoms with Gasteiger partial charge in [0.2, 0.25) is 5.89 Å². The van der Waals surface area contributed by atoms with Gasteiger partial charge in [-0.2, -0.15) is 0 Å². The number of phenolic OH excluding ortho intramolecular Hbond substituents is 1. The van der Waals surface area contributed by atoms with Crippen LogP contribution in [0.4, 0.5) is 17.1 Å². The molecule has 3 N–H and O–H groups in total. The highest BCUT2D eigenvalue weighted by atomic mass is 32.1. The number of hydrogen-bond donors (Lipinski definition) is 3. The van der Waals surface area contributed by atoms with Crippen LogP contribution in [-0.4, -0.2) is 52.3 Å². The van der Waals surface area contributed by atoms with Crippen molar-refractivity contribution in [1.29, 1.82) is 0 Å². The molecule has 1 aromatic heterocycles. The lowest BCUT2D eigenvalue weighted by atomic mass is 10.1. The van der Waals surface area contributed by atoms with Gasteiger partial charge in [0.25, 0.3) is 11.6 Å². The van der Waals surface area contributed by atoms with Gasteiger partial charge in [0.1, 0.15) is 17.0 Å². The number of nitrogens with zero attached hydrogens (tertiary/aromatic N) is 3. The fraction of sp³-hybridized carbons (Fsp3) is 0.192. The number of oxazole rings is 1. The second-order valence-electron chi connectivity index (χ2n) is 8.64. The minimum atomic E-state index is -0.603. The van der Waals surface area contributed by atoms with Gasteiger partial charge in [-0.3, -0.25) is 20.2 Å². The van der Waals surface area contributed by atoms with Gasteiger partial charge in [-0.15, -0.1) is 0 Å². The molecule has 3 aromatic carbocycles. The zero-order valence-electron chi connectivity index (χ0n) is 20.3. The second kappa shape index (κ2) is 10.4. The van der Waals surface area contributed by atoms with E-state index in [1.54, 1.807) is 37.3 Å². The van der Waals surface area contributed by atoms with E-state index in [0.29, 0.717) is 59.9 Å². The number of rotatable bonds is 5. The Morgan fingerprint density at radius 1 is 1.16 bits per heavy atom. The molecule has 0 spiro atoms. The predicted octanol–water partition coefficient (Wildman–Crippen LogP) is 4.38. The fourth-order valence-corrected chi connectivity index (χ4v) is 4.43. The number of phenols is 1. The van der Waals surface area contributed by atoms with Gasteiger partial charge in [-0.1, -0.05) is 12.1 Å². The van der Waals surface area contributed by atoms with E-state index in [1.807, 2.05) is 17.0 Å². The lowest BCUT2D eigenvalue weighted by molar-refractivity contribution is -0.384. The Labute approximate surface area is 222 Å². The van der Waals surface area contributed by atoms with E-state index in [4.69, 9.17) is 21.4 Å². The summed E-state index contributed by atoms with van der Waals surface area (Å²) in [5.74, 6) is -0.364. The molecule has 2 heterocycles. The summed E-state index contributed by atoms with van der Waals surface area (Å²) >= 11 is 5.31. The van der Waals surface area contributed by atoms with Gasteiger partial charge >= 0.3 is 0 Å². The van der Waals surface area contributed by atoms with Crippen molar-refractivity contribution in [2.75, 3.05) is 36.5 Å². The molecule has 0 bridgehead atoms. The number of morpholine rings is 1. The van der Waals surface area contributed by atoms with Gasteiger partial charge < -0.3 is 24.5 Å². The standard InChI is InChI=1S/C26H23N5O6S/c1-15-12-17(14-18(23(15)32)25-28-19-4-2-3-5-22(19)37-25)27-26(38)29-24(33)16-6-7-20(21(13-16)31(34)35)30-8-10-36-11-9-30/h2-7,12-14,32H,8-11H2,1H3,(H2,27,29,33,38). The molecular weight excluding hydrogens is 510 g/mol. The van der Waals surface area contributed by atoms with Crippen LogP contribution in [0.15, 0.2) is 59.0 Å². The van der Waals surface area contributed by atoms with Crippen molar-refractivity contribution in [2.24, 2.45) is 0 Å². The molecule has 0 atom stereocenters. The van der Waals surface area contributed by atoms with Crippen molar-refractivity contribution in [3.05, 3.63) is 75.8 Å². The van der Waals surface area contributed by atoms with Crippen molar-refractivity contribution in [1.82, 2.24) is 10.3 Å². The third-order valence-corrected chi connectivity index (χ3v) is 6.30. The zero-order valence-corrected chi connectivity index (χ0v) is 21.1. The van der Waals surface area contributed by atoms with Crippen LogP contribution in [0.3, 0.4) is 0 Å². The monoisotopic (exact) mass is 533 g/mol. The first-order chi connectivity index (χ1) is 18.3. The number of ether oxygens (including phenoxy) is 1. The van der Waals surface area contributed by atoms with Gasteiger partial charge in [0.05, 0.1) is 23.7 Å². The van der Waals surface area contributed by atoms with Crippen LogP contribution in [-0.2, 0) is 4.74 Å². The van der Waals surface area contributed by atoms with E-state index >= 15 is 0 Å². The quantitative estimate of drug-likeness (QED) is 0.146. The molecule has 0 unspecified atom stereocenters. The number of benzene rings is 3. The Kier molecular flexibility index (Phi) is 6.90. The number of para-hydroxylation sites is 2. The minimum absolute atomic E-state index is 0.00438. The van der Waals surface area contributed by atoms with Crippen LogP contribution in [0.25, 0.3) is 22.6 Å². The number of nitro benzene ring substituents is 1. The highest BCUT2D eigenvalue weighted by Crippen LogP contribution is 2.36. The molecule has 194 valence electrons. The molecular formula is C26H23N5O6S. The van der Waals surface area contributed by atoms with Crippen LogP contribution in [0.2, 0.25) is 0 Å². The number of amides is 1. The van der Waals surface area contributed by atoms with Crippen LogP contribution < -0.4 is 15.5 Å². The maximum atomic E-state index is 12.9. The van der Waals surface area contributed by atoms with E-state index in [-0.39, 0.29) is 28.0 Å². The molecule has 1 amide bonds. The normalized spacial score (nSPS) is 13.3. The van der Waals surface area contributed by atoms with Crippen molar-refractivity contribution in [2.45, 2.75) is 6.92 Å². The Morgan fingerprint density at radius 3 is 2.66 bits per heavy atom. The number of aromatic nitrogens is 1. The smallest absolute Gasteiger partial charge is 0.293 e. The number of carbonyl (C=O) groups excluding carboxylic acids is 1. The Bertz CT molecular complexity index is 1530. The largest absolute Gasteiger partial charge is 0.507 e. The Balaban J connectivity index is 1.33. The lowest BCUT2D eigenvalue weighted by Crippen LogP contribution is -2.37. The van der Waals surface area contributed by atoms with E-state index in [9.17, 15) is 20.0 Å². The number of anilines is 2. The number of aryl methyl sites for hydroxylation is 1. The van der Waals surface area contributed by atoms with Crippen molar-refractivity contribution >= 4 is 51.4 Å². The molecule has 4 aromatic rings. The van der Waals surface area contributed by atoms with E-state index in [2.05, 4.69) is 15.6 Å². The number of fused-ring (bicyclic) bond motifs is 1. The predicted molar refractivity (Wildman–Crippen MR) is 146 cm³/mol. The fourth-order valence-electron chi connectivity index (χ4n) is 4.22. The Morgan fingerprint density at radius 2 is 1.92 bits per heavy atom.